The molecule has 0 aliphatic rings. The van der Waals surface area contributed by atoms with Crippen LogP contribution in [0.4, 0.5) is 5.69 Å². The number of pyridine rings is 1. The molecule has 0 unspecified atom stereocenters. The lowest BCUT2D eigenvalue weighted by Crippen LogP contribution is -2.13. The Hall–Kier alpha value is -2.56. The molecular formula is C17H20N2O3. The molecule has 1 N–H and O–H groups in total. The lowest BCUT2D eigenvalue weighted by atomic mass is 10.1. The summed E-state index contributed by atoms with van der Waals surface area (Å²) >= 11 is 0. The molecule has 0 aliphatic carbocycles. The zero-order valence-corrected chi connectivity index (χ0v) is 13.0. The monoisotopic (exact) mass is 300 g/mol. The van der Waals surface area contributed by atoms with E-state index < -0.39 is 0 Å². The average Bonchev–Trinajstić information content (AvgIpc) is 2.49. The number of ether oxygens (including phenoxy) is 2. The second-order valence-corrected chi connectivity index (χ2v) is 5.28. The molecule has 0 saturated heterocycles. The molecule has 0 saturated carbocycles. The number of anilines is 1. The second kappa shape index (κ2) is 7.45. The van der Waals surface area contributed by atoms with Gasteiger partial charge in [0.25, 0.3) is 0 Å². The van der Waals surface area contributed by atoms with Crippen LogP contribution in [0.3, 0.4) is 0 Å². The van der Waals surface area contributed by atoms with E-state index in [0.717, 1.165) is 0 Å². The second-order valence-electron chi connectivity index (χ2n) is 5.28. The summed E-state index contributed by atoms with van der Waals surface area (Å²) in [5.41, 5.74) is 0.651. The molecule has 2 rings (SSSR count). The smallest absolute Gasteiger partial charge is 0.224 e. The maximum atomic E-state index is 11.7. The molecular weight excluding hydrogens is 280 g/mol. The molecule has 0 atom stereocenters. The number of nitrogens with one attached hydrogen (secondary N) is 1. The fourth-order valence-electron chi connectivity index (χ4n) is 1.91. The number of hydrogen-bond donors (Lipinski definition) is 1. The van der Waals surface area contributed by atoms with E-state index in [1.54, 1.807) is 31.5 Å². The van der Waals surface area contributed by atoms with Gasteiger partial charge in [-0.3, -0.25) is 4.79 Å². The van der Waals surface area contributed by atoms with Crippen LogP contribution in [0.2, 0.25) is 0 Å². The summed E-state index contributed by atoms with van der Waals surface area (Å²) < 4.78 is 10.9. The molecule has 5 nitrogen and oxygen atoms in total. The van der Waals surface area contributed by atoms with E-state index in [1.165, 1.54) is 0 Å². The minimum absolute atomic E-state index is 0.0183. The van der Waals surface area contributed by atoms with Gasteiger partial charge in [0.15, 0.2) is 11.5 Å². The maximum absolute atomic E-state index is 11.7. The van der Waals surface area contributed by atoms with Crippen molar-refractivity contribution in [1.82, 2.24) is 4.98 Å². The van der Waals surface area contributed by atoms with Crippen LogP contribution in [0.5, 0.6) is 17.4 Å². The minimum Gasteiger partial charge on any atom is -0.493 e. The lowest BCUT2D eigenvalue weighted by molar-refractivity contribution is -0.116. The molecule has 0 fully saturated rings. The first kappa shape index (κ1) is 15.8. The average molecular weight is 300 g/mol. The molecule has 5 heteroatoms. The van der Waals surface area contributed by atoms with Crippen LogP contribution < -0.4 is 14.8 Å². The molecule has 1 heterocycles. The van der Waals surface area contributed by atoms with Crippen molar-refractivity contribution in [2.24, 2.45) is 5.92 Å². The van der Waals surface area contributed by atoms with Crippen molar-refractivity contribution in [3.05, 3.63) is 42.6 Å². The van der Waals surface area contributed by atoms with Gasteiger partial charge in [-0.2, -0.15) is 0 Å². The van der Waals surface area contributed by atoms with Crippen molar-refractivity contribution < 1.29 is 14.3 Å². The first-order chi connectivity index (χ1) is 10.6. The number of rotatable bonds is 6. The van der Waals surface area contributed by atoms with Crippen molar-refractivity contribution in [1.29, 1.82) is 0 Å². The molecule has 0 spiro atoms. The number of aromatic nitrogens is 1. The summed E-state index contributed by atoms with van der Waals surface area (Å²) in [5.74, 6) is 1.97. The quantitative estimate of drug-likeness (QED) is 0.879. The topological polar surface area (TPSA) is 60.5 Å². The fraction of sp³-hybridized carbons (Fsp3) is 0.294. The highest BCUT2D eigenvalue weighted by atomic mass is 16.5. The van der Waals surface area contributed by atoms with Crippen LogP contribution in [0.15, 0.2) is 42.6 Å². The third-order valence-corrected chi connectivity index (χ3v) is 2.90. The number of nitrogens with zero attached hydrogens (tertiary/aromatic N) is 1. The van der Waals surface area contributed by atoms with Crippen molar-refractivity contribution in [3.63, 3.8) is 0 Å². The number of methoxy groups -OCH3 is 1. The molecule has 1 aromatic heterocycles. The standard InChI is InChI=1S/C17H20N2O3/c1-12(2)10-16(20)19-13-8-9-17(18-11-13)22-15-7-5-4-6-14(15)21-3/h4-9,11-12H,10H2,1-3H3,(H,19,20). The number of hydrogen-bond acceptors (Lipinski definition) is 4. The SMILES string of the molecule is COc1ccccc1Oc1ccc(NC(=O)CC(C)C)cn1. The summed E-state index contributed by atoms with van der Waals surface area (Å²) in [5, 5.41) is 2.81. The minimum atomic E-state index is -0.0183. The molecule has 1 aromatic carbocycles. The van der Waals surface area contributed by atoms with Gasteiger partial charge in [0.1, 0.15) is 0 Å². The van der Waals surface area contributed by atoms with Gasteiger partial charge in [0.05, 0.1) is 19.0 Å². The van der Waals surface area contributed by atoms with E-state index in [0.29, 0.717) is 35.4 Å². The van der Waals surface area contributed by atoms with Gasteiger partial charge < -0.3 is 14.8 Å². The molecule has 0 radical (unpaired) electrons. The van der Waals surface area contributed by atoms with Crippen molar-refractivity contribution in [3.8, 4) is 17.4 Å². The Morgan fingerprint density at radius 1 is 1.18 bits per heavy atom. The van der Waals surface area contributed by atoms with Gasteiger partial charge >= 0.3 is 0 Å². The highest BCUT2D eigenvalue weighted by molar-refractivity contribution is 5.90. The Morgan fingerprint density at radius 2 is 1.91 bits per heavy atom. The van der Waals surface area contributed by atoms with Crippen molar-refractivity contribution in [2.75, 3.05) is 12.4 Å². The molecule has 0 bridgehead atoms. The lowest BCUT2D eigenvalue weighted by Gasteiger charge is -2.10. The summed E-state index contributed by atoms with van der Waals surface area (Å²) in [6.07, 6.45) is 2.06. The zero-order valence-electron chi connectivity index (χ0n) is 13.0. The van der Waals surface area contributed by atoms with E-state index in [2.05, 4.69) is 10.3 Å². The molecule has 22 heavy (non-hydrogen) atoms. The fourth-order valence-corrected chi connectivity index (χ4v) is 1.91. The normalized spacial score (nSPS) is 10.4. The number of para-hydroxylation sites is 2. The van der Waals surface area contributed by atoms with Crippen molar-refractivity contribution in [2.45, 2.75) is 20.3 Å². The Bertz CT molecular complexity index is 624. The van der Waals surface area contributed by atoms with Gasteiger partial charge in [0.2, 0.25) is 11.8 Å². The van der Waals surface area contributed by atoms with Crippen LogP contribution in [-0.4, -0.2) is 18.0 Å². The van der Waals surface area contributed by atoms with Crippen LogP contribution in [0.25, 0.3) is 0 Å². The summed E-state index contributed by atoms with van der Waals surface area (Å²) in [4.78, 5) is 15.9. The first-order valence-corrected chi connectivity index (χ1v) is 7.15. The zero-order chi connectivity index (χ0) is 15.9. The van der Waals surface area contributed by atoms with Gasteiger partial charge in [-0.25, -0.2) is 4.98 Å². The van der Waals surface area contributed by atoms with Crippen LogP contribution >= 0.6 is 0 Å². The summed E-state index contributed by atoms with van der Waals surface area (Å²) in [7, 11) is 1.59. The molecule has 0 aliphatic heterocycles. The maximum Gasteiger partial charge on any atom is 0.224 e. The molecule has 1 amide bonds. The van der Waals surface area contributed by atoms with Crippen LogP contribution in [0, 0.1) is 5.92 Å². The van der Waals surface area contributed by atoms with Gasteiger partial charge in [0, 0.05) is 12.5 Å². The third kappa shape index (κ3) is 4.48. The first-order valence-electron chi connectivity index (χ1n) is 7.15. The predicted molar refractivity (Wildman–Crippen MR) is 85.4 cm³/mol. The van der Waals surface area contributed by atoms with Crippen molar-refractivity contribution >= 4 is 11.6 Å². The number of amides is 1. The van der Waals surface area contributed by atoms with E-state index in [-0.39, 0.29) is 5.91 Å². The third-order valence-electron chi connectivity index (χ3n) is 2.90. The van der Waals surface area contributed by atoms with Crippen LogP contribution in [-0.2, 0) is 4.79 Å². The summed E-state index contributed by atoms with van der Waals surface area (Å²) in [6, 6.07) is 10.8. The molecule has 2 aromatic rings. The number of benzene rings is 1. The number of carbonyl (C=O) groups is 1. The predicted octanol–water partition coefficient (Wildman–Crippen LogP) is 3.87. The number of carbonyl (C=O) groups excluding carboxylic acids is 1. The van der Waals surface area contributed by atoms with E-state index in [4.69, 9.17) is 9.47 Å². The Balaban J connectivity index is 2.01. The van der Waals surface area contributed by atoms with Gasteiger partial charge in [-0.1, -0.05) is 26.0 Å². The van der Waals surface area contributed by atoms with E-state index >= 15 is 0 Å². The van der Waals surface area contributed by atoms with Gasteiger partial charge in [-0.05, 0) is 24.1 Å². The Kier molecular flexibility index (Phi) is 5.36. The Labute approximate surface area is 130 Å². The highest BCUT2D eigenvalue weighted by Crippen LogP contribution is 2.30. The van der Waals surface area contributed by atoms with E-state index in [9.17, 15) is 4.79 Å². The summed E-state index contributed by atoms with van der Waals surface area (Å²) in [6.45, 7) is 4.00. The highest BCUT2D eigenvalue weighted by Gasteiger charge is 2.07. The Morgan fingerprint density at radius 3 is 2.50 bits per heavy atom. The van der Waals surface area contributed by atoms with Gasteiger partial charge in [-0.15, -0.1) is 0 Å². The largest absolute Gasteiger partial charge is 0.493 e. The van der Waals surface area contributed by atoms with Crippen LogP contribution in [0.1, 0.15) is 20.3 Å². The van der Waals surface area contributed by atoms with E-state index in [1.807, 2.05) is 32.0 Å². The molecule has 116 valence electrons.